The lowest BCUT2D eigenvalue weighted by atomic mass is 9.98. The summed E-state index contributed by atoms with van der Waals surface area (Å²) >= 11 is 0. The summed E-state index contributed by atoms with van der Waals surface area (Å²) in [6, 6.07) is 7.70. The third-order valence-electron chi connectivity index (χ3n) is 4.66. The molecular formula is C18H23N3O5S. The highest BCUT2D eigenvalue weighted by Gasteiger charge is 2.31. The van der Waals surface area contributed by atoms with Crippen LogP contribution in [0.15, 0.2) is 28.8 Å². The first-order valence-corrected chi connectivity index (χ1v) is 10.5. The van der Waals surface area contributed by atoms with Crippen molar-refractivity contribution >= 4 is 16.0 Å². The zero-order valence-corrected chi connectivity index (χ0v) is 16.2. The van der Waals surface area contributed by atoms with Crippen molar-refractivity contribution in [1.82, 2.24) is 14.4 Å². The van der Waals surface area contributed by atoms with Gasteiger partial charge < -0.3 is 9.26 Å². The zero-order valence-electron chi connectivity index (χ0n) is 15.4. The van der Waals surface area contributed by atoms with Crippen molar-refractivity contribution in [3.05, 3.63) is 35.7 Å². The van der Waals surface area contributed by atoms with Gasteiger partial charge in [0.25, 0.3) is 5.89 Å². The third kappa shape index (κ3) is 4.72. The Labute approximate surface area is 158 Å². The highest BCUT2D eigenvalue weighted by atomic mass is 32.2. The molecule has 146 valence electrons. The molecule has 0 aliphatic carbocycles. The number of rotatable bonds is 6. The van der Waals surface area contributed by atoms with Gasteiger partial charge in [-0.15, -0.1) is 0 Å². The van der Waals surface area contributed by atoms with Crippen LogP contribution in [-0.2, 0) is 26.2 Å². The van der Waals surface area contributed by atoms with Crippen LogP contribution in [-0.4, -0.2) is 47.7 Å². The average molecular weight is 393 g/mol. The number of aryl methyl sites for hydroxylation is 1. The molecule has 0 radical (unpaired) electrons. The molecule has 0 atom stereocenters. The quantitative estimate of drug-likeness (QED) is 0.693. The number of carbonyl (C=O) groups excluding carboxylic acids is 1. The second-order valence-electron chi connectivity index (χ2n) is 6.56. The minimum atomic E-state index is -3.20. The van der Waals surface area contributed by atoms with Gasteiger partial charge in [0.2, 0.25) is 15.8 Å². The summed E-state index contributed by atoms with van der Waals surface area (Å²) in [5, 5.41) is 3.90. The van der Waals surface area contributed by atoms with Crippen LogP contribution in [0.2, 0.25) is 0 Å². The third-order valence-corrected chi connectivity index (χ3v) is 6.54. The molecular weight excluding hydrogens is 370 g/mol. The van der Waals surface area contributed by atoms with Gasteiger partial charge >= 0.3 is 5.97 Å². The SMILES string of the molecule is CCS(=O)(=O)N1CCC(C(=O)OCc2nc(-c3ccc(C)cc3)no2)CC1. The first-order valence-electron chi connectivity index (χ1n) is 8.93. The Kier molecular flexibility index (Phi) is 5.91. The maximum Gasteiger partial charge on any atom is 0.309 e. The summed E-state index contributed by atoms with van der Waals surface area (Å²) in [6.45, 7) is 4.20. The summed E-state index contributed by atoms with van der Waals surface area (Å²) in [7, 11) is -3.20. The molecule has 1 aliphatic heterocycles. The van der Waals surface area contributed by atoms with E-state index in [1.807, 2.05) is 31.2 Å². The molecule has 1 aromatic carbocycles. The van der Waals surface area contributed by atoms with Crippen molar-refractivity contribution in [2.45, 2.75) is 33.3 Å². The normalized spacial score (nSPS) is 16.4. The molecule has 0 unspecified atom stereocenters. The first-order chi connectivity index (χ1) is 12.9. The maximum atomic E-state index is 12.2. The van der Waals surface area contributed by atoms with E-state index < -0.39 is 10.0 Å². The number of esters is 1. The van der Waals surface area contributed by atoms with Gasteiger partial charge in [0.15, 0.2) is 6.61 Å². The largest absolute Gasteiger partial charge is 0.455 e. The van der Waals surface area contributed by atoms with Gasteiger partial charge in [0.1, 0.15) is 0 Å². The van der Waals surface area contributed by atoms with Gasteiger partial charge in [0.05, 0.1) is 11.7 Å². The number of hydrogen-bond acceptors (Lipinski definition) is 7. The maximum absolute atomic E-state index is 12.2. The number of ether oxygens (including phenoxy) is 1. The van der Waals surface area contributed by atoms with Crippen LogP contribution in [0.4, 0.5) is 0 Å². The Morgan fingerprint density at radius 3 is 2.56 bits per heavy atom. The highest BCUT2D eigenvalue weighted by molar-refractivity contribution is 7.89. The number of sulfonamides is 1. The molecule has 1 fully saturated rings. The van der Waals surface area contributed by atoms with E-state index in [1.54, 1.807) is 6.92 Å². The summed E-state index contributed by atoms with van der Waals surface area (Å²) in [5.41, 5.74) is 1.96. The monoisotopic (exact) mass is 393 g/mol. The molecule has 0 spiro atoms. The Hall–Kier alpha value is -2.26. The Morgan fingerprint density at radius 2 is 1.93 bits per heavy atom. The number of nitrogens with zero attached hydrogens (tertiary/aromatic N) is 3. The van der Waals surface area contributed by atoms with E-state index in [9.17, 15) is 13.2 Å². The minimum absolute atomic E-state index is 0.0720. The predicted molar refractivity (Wildman–Crippen MR) is 98.0 cm³/mol. The number of hydrogen-bond donors (Lipinski definition) is 0. The Bertz CT molecular complexity index is 884. The molecule has 27 heavy (non-hydrogen) atoms. The Morgan fingerprint density at radius 1 is 1.26 bits per heavy atom. The van der Waals surface area contributed by atoms with Crippen molar-refractivity contribution in [3.63, 3.8) is 0 Å². The number of piperidine rings is 1. The highest BCUT2D eigenvalue weighted by Crippen LogP contribution is 2.22. The van der Waals surface area contributed by atoms with Gasteiger partial charge in [-0.05, 0) is 26.7 Å². The lowest BCUT2D eigenvalue weighted by Gasteiger charge is -2.29. The van der Waals surface area contributed by atoms with Gasteiger partial charge in [-0.2, -0.15) is 4.98 Å². The van der Waals surface area contributed by atoms with Gasteiger partial charge in [0, 0.05) is 18.7 Å². The molecule has 2 aromatic rings. The van der Waals surface area contributed by atoms with Crippen molar-refractivity contribution < 1.29 is 22.5 Å². The summed E-state index contributed by atoms with van der Waals surface area (Å²) in [5.74, 6) is 0.0678. The smallest absolute Gasteiger partial charge is 0.309 e. The van der Waals surface area contributed by atoms with E-state index in [0.717, 1.165) is 11.1 Å². The van der Waals surface area contributed by atoms with E-state index in [2.05, 4.69) is 10.1 Å². The molecule has 2 heterocycles. The summed E-state index contributed by atoms with van der Waals surface area (Å²) in [6.07, 6.45) is 0.910. The molecule has 9 heteroatoms. The van der Waals surface area contributed by atoms with Crippen LogP contribution in [0.3, 0.4) is 0 Å². The second-order valence-corrected chi connectivity index (χ2v) is 8.82. The van der Waals surface area contributed by atoms with Gasteiger partial charge in [-0.25, -0.2) is 12.7 Å². The van der Waals surface area contributed by atoms with E-state index in [4.69, 9.17) is 9.26 Å². The topological polar surface area (TPSA) is 103 Å². The zero-order chi connectivity index (χ0) is 19.4. The lowest BCUT2D eigenvalue weighted by molar-refractivity contribution is -0.152. The molecule has 0 saturated carbocycles. The Balaban J connectivity index is 1.51. The van der Waals surface area contributed by atoms with Crippen LogP contribution >= 0.6 is 0 Å². The summed E-state index contributed by atoms with van der Waals surface area (Å²) < 4.78 is 35.6. The number of benzene rings is 1. The molecule has 1 aliphatic rings. The minimum Gasteiger partial charge on any atom is -0.455 e. The molecule has 0 amide bonds. The van der Waals surface area contributed by atoms with Crippen molar-refractivity contribution in [1.29, 1.82) is 0 Å². The van der Waals surface area contributed by atoms with Crippen molar-refractivity contribution in [2.75, 3.05) is 18.8 Å². The second kappa shape index (κ2) is 8.18. The van der Waals surface area contributed by atoms with E-state index in [-0.39, 0.29) is 30.1 Å². The van der Waals surface area contributed by atoms with Crippen molar-refractivity contribution in [2.24, 2.45) is 5.92 Å². The van der Waals surface area contributed by atoms with Crippen LogP contribution in [0.25, 0.3) is 11.4 Å². The summed E-state index contributed by atoms with van der Waals surface area (Å²) in [4.78, 5) is 16.5. The number of aromatic nitrogens is 2. The molecule has 1 aromatic heterocycles. The fraction of sp³-hybridized carbons (Fsp3) is 0.500. The molecule has 1 saturated heterocycles. The fourth-order valence-electron chi connectivity index (χ4n) is 2.94. The van der Waals surface area contributed by atoms with E-state index in [0.29, 0.717) is 31.8 Å². The molecule has 0 N–H and O–H groups in total. The van der Waals surface area contributed by atoms with Gasteiger partial charge in [-0.3, -0.25) is 4.79 Å². The van der Waals surface area contributed by atoms with Crippen LogP contribution < -0.4 is 0 Å². The van der Waals surface area contributed by atoms with Crippen LogP contribution in [0.1, 0.15) is 31.2 Å². The van der Waals surface area contributed by atoms with Crippen LogP contribution in [0.5, 0.6) is 0 Å². The van der Waals surface area contributed by atoms with E-state index in [1.165, 1.54) is 4.31 Å². The first kappa shape index (κ1) is 19.5. The number of carbonyl (C=O) groups is 1. The van der Waals surface area contributed by atoms with Gasteiger partial charge in [-0.1, -0.05) is 35.0 Å². The van der Waals surface area contributed by atoms with E-state index >= 15 is 0 Å². The molecule has 0 bridgehead atoms. The van der Waals surface area contributed by atoms with Crippen molar-refractivity contribution in [3.8, 4) is 11.4 Å². The van der Waals surface area contributed by atoms with Crippen LogP contribution in [0, 0.1) is 12.8 Å². The average Bonchev–Trinajstić information content (AvgIpc) is 3.16. The molecule has 3 rings (SSSR count). The standard InChI is InChI=1S/C18H23N3O5S/c1-3-27(23,24)21-10-8-15(9-11-21)18(22)25-12-16-19-17(20-26-16)14-6-4-13(2)5-7-14/h4-7,15H,3,8-12H2,1-2H3. The fourth-order valence-corrected chi connectivity index (χ4v) is 4.07. The molecule has 8 nitrogen and oxygen atoms in total. The lowest BCUT2D eigenvalue weighted by Crippen LogP contribution is -2.41. The predicted octanol–water partition coefficient (Wildman–Crippen LogP) is 2.15.